The number of hydrogen-bond donors (Lipinski definition) is 0. The van der Waals surface area contributed by atoms with Gasteiger partial charge in [0.2, 0.25) is 10.0 Å². The van der Waals surface area contributed by atoms with Gasteiger partial charge in [-0.3, -0.25) is 4.79 Å². The van der Waals surface area contributed by atoms with Gasteiger partial charge < -0.3 is 4.74 Å². The fourth-order valence-corrected chi connectivity index (χ4v) is 4.18. The van der Waals surface area contributed by atoms with Crippen LogP contribution < -0.4 is 0 Å². The summed E-state index contributed by atoms with van der Waals surface area (Å²) in [5.41, 5.74) is 1.86. The number of aryl methyl sites for hydroxylation is 1. The van der Waals surface area contributed by atoms with Gasteiger partial charge in [0.05, 0.1) is 4.90 Å². The van der Waals surface area contributed by atoms with Crippen molar-refractivity contribution in [2.24, 2.45) is 0 Å². The molecule has 1 atom stereocenters. The Hall–Kier alpha value is -2.18. The lowest BCUT2D eigenvalue weighted by Crippen LogP contribution is -2.55. The van der Waals surface area contributed by atoms with Gasteiger partial charge in [-0.15, -0.1) is 0 Å². The van der Waals surface area contributed by atoms with Crippen LogP contribution >= 0.6 is 0 Å². The summed E-state index contributed by atoms with van der Waals surface area (Å²) < 4.78 is 31.7. The number of rotatable bonds is 5. The third kappa shape index (κ3) is 3.34. The van der Waals surface area contributed by atoms with Gasteiger partial charge in [0, 0.05) is 6.54 Å². The highest BCUT2D eigenvalue weighted by Gasteiger charge is 2.43. The molecular formula is C18H19NO4S. The zero-order valence-corrected chi connectivity index (χ0v) is 14.2. The fraction of sp³-hybridized carbons (Fsp3) is 0.278. The molecule has 1 saturated heterocycles. The maximum Gasteiger partial charge on any atom is 0.324 e. The monoisotopic (exact) mass is 345 g/mol. The molecule has 0 amide bonds. The largest absolute Gasteiger partial charge is 0.460 e. The number of carbonyl (C=O) groups is 1. The van der Waals surface area contributed by atoms with E-state index in [-0.39, 0.29) is 11.5 Å². The summed E-state index contributed by atoms with van der Waals surface area (Å²) in [4.78, 5) is 12.4. The van der Waals surface area contributed by atoms with Crippen LogP contribution in [0, 0.1) is 6.92 Å². The van der Waals surface area contributed by atoms with Gasteiger partial charge in [0.1, 0.15) is 12.6 Å². The number of hydrogen-bond acceptors (Lipinski definition) is 4. The van der Waals surface area contributed by atoms with E-state index in [1.165, 1.54) is 4.31 Å². The minimum Gasteiger partial charge on any atom is -0.460 e. The van der Waals surface area contributed by atoms with Crippen molar-refractivity contribution in [2.45, 2.75) is 30.9 Å². The molecule has 1 aliphatic heterocycles. The number of ether oxygens (including phenoxy) is 1. The van der Waals surface area contributed by atoms with Crippen molar-refractivity contribution < 1.29 is 17.9 Å². The Bertz CT molecular complexity index is 816. The molecular weight excluding hydrogens is 326 g/mol. The minimum atomic E-state index is -3.66. The van der Waals surface area contributed by atoms with Crippen molar-refractivity contribution in [3.8, 4) is 0 Å². The summed E-state index contributed by atoms with van der Waals surface area (Å²) in [5.74, 6) is -0.499. The SMILES string of the molecule is Cc1ccc(S(=O)(=O)N2CC[C@H]2C(=O)OCc2ccccc2)cc1. The highest BCUT2D eigenvalue weighted by molar-refractivity contribution is 7.89. The number of sulfonamides is 1. The lowest BCUT2D eigenvalue weighted by atomic mass is 10.1. The first-order chi connectivity index (χ1) is 11.5. The average molecular weight is 345 g/mol. The average Bonchev–Trinajstić information content (AvgIpc) is 2.53. The van der Waals surface area contributed by atoms with E-state index in [1.54, 1.807) is 24.3 Å². The predicted octanol–water partition coefficient (Wildman–Crippen LogP) is 2.50. The Balaban J connectivity index is 1.67. The lowest BCUT2D eigenvalue weighted by Gasteiger charge is -2.37. The van der Waals surface area contributed by atoms with Crippen LogP contribution in [0.5, 0.6) is 0 Å². The maximum absolute atomic E-state index is 12.6. The van der Waals surface area contributed by atoms with Gasteiger partial charge in [-0.2, -0.15) is 4.31 Å². The van der Waals surface area contributed by atoms with Crippen molar-refractivity contribution in [3.05, 3.63) is 65.7 Å². The van der Waals surface area contributed by atoms with Crippen molar-refractivity contribution in [1.82, 2.24) is 4.31 Å². The molecule has 2 aromatic carbocycles. The number of carbonyl (C=O) groups excluding carboxylic acids is 1. The molecule has 2 aromatic rings. The van der Waals surface area contributed by atoms with E-state index >= 15 is 0 Å². The highest BCUT2D eigenvalue weighted by Crippen LogP contribution is 2.28. The van der Waals surface area contributed by atoms with Crippen molar-refractivity contribution in [1.29, 1.82) is 0 Å². The van der Waals surface area contributed by atoms with Crippen LogP contribution in [0.25, 0.3) is 0 Å². The molecule has 126 valence electrons. The zero-order valence-electron chi connectivity index (χ0n) is 13.4. The first-order valence-electron chi connectivity index (χ1n) is 7.77. The van der Waals surface area contributed by atoms with Crippen molar-refractivity contribution in [2.75, 3.05) is 6.54 Å². The fourth-order valence-electron chi connectivity index (χ4n) is 2.56. The van der Waals surface area contributed by atoms with Crippen LogP contribution in [-0.2, 0) is 26.2 Å². The second-order valence-corrected chi connectivity index (χ2v) is 7.72. The quantitative estimate of drug-likeness (QED) is 0.781. The number of benzene rings is 2. The number of nitrogens with zero attached hydrogens (tertiary/aromatic N) is 1. The molecule has 0 saturated carbocycles. The van der Waals surface area contributed by atoms with Crippen LogP contribution in [-0.4, -0.2) is 31.3 Å². The van der Waals surface area contributed by atoms with E-state index in [9.17, 15) is 13.2 Å². The van der Waals surface area contributed by atoms with Gasteiger partial charge in [-0.05, 0) is 31.0 Å². The topological polar surface area (TPSA) is 63.7 Å². The third-order valence-corrected chi connectivity index (χ3v) is 6.02. The van der Waals surface area contributed by atoms with E-state index < -0.39 is 22.0 Å². The van der Waals surface area contributed by atoms with E-state index in [0.717, 1.165) is 11.1 Å². The first kappa shape index (κ1) is 16.7. The van der Waals surface area contributed by atoms with Gasteiger partial charge >= 0.3 is 5.97 Å². The molecule has 0 spiro atoms. The zero-order chi connectivity index (χ0) is 17.2. The molecule has 6 heteroatoms. The van der Waals surface area contributed by atoms with Crippen LogP contribution in [0.1, 0.15) is 17.5 Å². The maximum atomic E-state index is 12.6. The first-order valence-corrected chi connectivity index (χ1v) is 9.21. The van der Waals surface area contributed by atoms with E-state index in [1.807, 2.05) is 37.3 Å². The minimum absolute atomic E-state index is 0.147. The summed E-state index contributed by atoms with van der Waals surface area (Å²) in [6.07, 6.45) is 0.485. The van der Waals surface area contributed by atoms with E-state index in [4.69, 9.17) is 4.74 Å². The van der Waals surface area contributed by atoms with Crippen LogP contribution in [0.4, 0.5) is 0 Å². The predicted molar refractivity (Wildman–Crippen MR) is 89.7 cm³/mol. The highest BCUT2D eigenvalue weighted by atomic mass is 32.2. The van der Waals surface area contributed by atoms with E-state index in [0.29, 0.717) is 13.0 Å². The van der Waals surface area contributed by atoms with Crippen molar-refractivity contribution in [3.63, 3.8) is 0 Å². The van der Waals surface area contributed by atoms with Gasteiger partial charge in [0.15, 0.2) is 0 Å². The molecule has 0 aromatic heterocycles. The molecule has 3 rings (SSSR count). The summed E-state index contributed by atoms with van der Waals surface area (Å²) in [5, 5.41) is 0. The summed E-state index contributed by atoms with van der Waals surface area (Å²) >= 11 is 0. The second kappa shape index (κ2) is 6.75. The van der Waals surface area contributed by atoms with Crippen LogP contribution in [0.2, 0.25) is 0 Å². The molecule has 0 unspecified atom stereocenters. The van der Waals surface area contributed by atoms with Gasteiger partial charge in [0.25, 0.3) is 0 Å². The Kier molecular flexibility index (Phi) is 4.69. The molecule has 5 nitrogen and oxygen atoms in total. The molecule has 0 bridgehead atoms. The Morgan fingerprint density at radius 3 is 2.38 bits per heavy atom. The smallest absolute Gasteiger partial charge is 0.324 e. The van der Waals surface area contributed by atoms with E-state index in [2.05, 4.69) is 0 Å². The standard InChI is InChI=1S/C18H19NO4S/c1-14-7-9-16(10-8-14)24(21,22)19-12-11-17(19)18(20)23-13-15-5-3-2-4-6-15/h2-10,17H,11-13H2,1H3/t17-/m0/s1. The Labute approximate surface area is 141 Å². The Morgan fingerprint density at radius 1 is 1.12 bits per heavy atom. The van der Waals surface area contributed by atoms with Gasteiger partial charge in [-0.25, -0.2) is 8.42 Å². The molecule has 1 fully saturated rings. The Morgan fingerprint density at radius 2 is 1.79 bits per heavy atom. The summed E-state index contributed by atoms with van der Waals surface area (Å²) in [7, 11) is -3.66. The summed E-state index contributed by atoms with van der Waals surface area (Å²) in [6.45, 7) is 2.37. The van der Waals surface area contributed by atoms with Crippen molar-refractivity contribution >= 4 is 16.0 Å². The van der Waals surface area contributed by atoms with Gasteiger partial charge in [-0.1, -0.05) is 48.0 Å². The molecule has 1 heterocycles. The molecule has 0 N–H and O–H groups in total. The second-order valence-electron chi connectivity index (χ2n) is 5.83. The summed E-state index contributed by atoms with van der Waals surface area (Å²) in [6, 6.07) is 15.2. The normalized spacial score (nSPS) is 18.0. The lowest BCUT2D eigenvalue weighted by molar-refractivity contribution is -0.152. The molecule has 1 aliphatic rings. The molecule has 0 aliphatic carbocycles. The molecule has 0 radical (unpaired) electrons. The van der Waals surface area contributed by atoms with Crippen LogP contribution in [0.15, 0.2) is 59.5 Å². The third-order valence-electron chi connectivity index (χ3n) is 4.09. The number of esters is 1. The molecule has 24 heavy (non-hydrogen) atoms. The van der Waals surface area contributed by atoms with Crippen LogP contribution in [0.3, 0.4) is 0 Å².